The first-order valence-electron chi connectivity index (χ1n) is 7.17. The van der Waals surface area contributed by atoms with Gasteiger partial charge in [0.25, 0.3) is 5.91 Å². The van der Waals surface area contributed by atoms with Gasteiger partial charge in [-0.3, -0.25) is 9.69 Å². The molecule has 1 N–H and O–H groups in total. The summed E-state index contributed by atoms with van der Waals surface area (Å²) in [7, 11) is 0. The van der Waals surface area contributed by atoms with Gasteiger partial charge in [-0.05, 0) is 30.6 Å². The number of aromatic nitrogens is 2. The zero-order valence-corrected chi connectivity index (χ0v) is 14.3. The summed E-state index contributed by atoms with van der Waals surface area (Å²) >= 11 is 1.14. The van der Waals surface area contributed by atoms with E-state index in [2.05, 4.69) is 14.5 Å². The Kier molecular flexibility index (Phi) is 6.11. The van der Waals surface area contributed by atoms with Crippen LogP contribution in [0, 0.1) is 6.92 Å². The van der Waals surface area contributed by atoms with Crippen LogP contribution in [0.4, 0.5) is 0 Å². The largest absolute Gasteiger partial charge is 0.467 e. The Balaban J connectivity index is 0.00000192. The van der Waals surface area contributed by atoms with Crippen molar-refractivity contribution in [2.24, 2.45) is 0 Å². The number of piperazine rings is 1. The number of rotatable bonds is 4. The first-order valence-corrected chi connectivity index (χ1v) is 7.94. The molecule has 0 spiro atoms. The molecule has 1 amide bonds. The van der Waals surface area contributed by atoms with E-state index in [-0.39, 0.29) is 18.3 Å². The van der Waals surface area contributed by atoms with E-state index in [0.29, 0.717) is 36.0 Å². The molecule has 126 valence electrons. The van der Waals surface area contributed by atoms with E-state index < -0.39 is 6.10 Å². The number of furan rings is 1. The van der Waals surface area contributed by atoms with Crippen LogP contribution in [-0.4, -0.2) is 63.1 Å². The number of halogens is 1. The Labute approximate surface area is 144 Å². The summed E-state index contributed by atoms with van der Waals surface area (Å²) in [5.41, 5.74) is 0.686. The van der Waals surface area contributed by atoms with Gasteiger partial charge in [-0.15, -0.1) is 17.5 Å². The van der Waals surface area contributed by atoms with Crippen molar-refractivity contribution in [3.05, 3.63) is 34.7 Å². The summed E-state index contributed by atoms with van der Waals surface area (Å²) < 4.78 is 9.02. The van der Waals surface area contributed by atoms with Crippen molar-refractivity contribution in [2.75, 3.05) is 32.7 Å². The number of aliphatic hydroxyl groups excluding tert-OH is 1. The third-order valence-electron chi connectivity index (χ3n) is 3.81. The zero-order valence-electron chi connectivity index (χ0n) is 12.7. The number of hydrogen-bond acceptors (Lipinski definition) is 7. The number of hydrogen-bond donors (Lipinski definition) is 1. The molecule has 23 heavy (non-hydrogen) atoms. The van der Waals surface area contributed by atoms with Crippen LogP contribution in [0.3, 0.4) is 0 Å². The SMILES string of the molecule is Cc1nnsc1C(=O)N1CCN(CC(O)c2ccco2)CC1.Cl. The summed E-state index contributed by atoms with van der Waals surface area (Å²) in [5.74, 6) is 0.573. The van der Waals surface area contributed by atoms with E-state index in [9.17, 15) is 9.90 Å². The number of aliphatic hydroxyl groups is 1. The van der Waals surface area contributed by atoms with Gasteiger partial charge in [0, 0.05) is 32.7 Å². The molecule has 0 aliphatic carbocycles. The lowest BCUT2D eigenvalue weighted by Crippen LogP contribution is -2.49. The van der Waals surface area contributed by atoms with E-state index in [0.717, 1.165) is 24.6 Å². The summed E-state index contributed by atoms with van der Waals surface area (Å²) in [4.78, 5) is 16.9. The minimum absolute atomic E-state index is 0. The highest BCUT2D eigenvalue weighted by Gasteiger charge is 2.26. The van der Waals surface area contributed by atoms with Gasteiger partial charge < -0.3 is 14.4 Å². The predicted octanol–water partition coefficient (Wildman–Crippen LogP) is 1.35. The number of carbonyl (C=O) groups excluding carboxylic acids is 1. The molecule has 7 nitrogen and oxygen atoms in total. The van der Waals surface area contributed by atoms with Crippen LogP contribution >= 0.6 is 23.9 Å². The third-order valence-corrected chi connectivity index (χ3v) is 4.62. The number of amides is 1. The number of aryl methyl sites for hydroxylation is 1. The summed E-state index contributed by atoms with van der Waals surface area (Å²) in [6.45, 7) is 5.05. The molecule has 0 bridgehead atoms. The molecular weight excluding hydrogens is 340 g/mol. The fourth-order valence-electron chi connectivity index (χ4n) is 2.52. The Morgan fingerprint density at radius 2 is 2.17 bits per heavy atom. The standard InChI is InChI=1S/C14H18N4O3S.ClH/c1-10-13(22-16-15-10)14(20)18-6-4-17(5-7-18)9-11(19)12-3-2-8-21-12;/h2-3,8,11,19H,4-7,9H2,1H3;1H. The second-order valence-corrected chi connectivity index (χ2v) is 6.07. The monoisotopic (exact) mass is 358 g/mol. The van der Waals surface area contributed by atoms with Crippen LogP contribution < -0.4 is 0 Å². The fraction of sp³-hybridized carbons (Fsp3) is 0.500. The number of nitrogens with zero attached hydrogens (tertiary/aromatic N) is 4. The minimum Gasteiger partial charge on any atom is -0.467 e. The van der Waals surface area contributed by atoms with Gasteiger partial charge in [0.2, 0.25) is 0 Å². The van der Waals surface area contributed by atoms with E-state index >= 15 is 0 Å². The summed E-state index contributed by atoms with van der Waals surface area (Å²) in [5, 5.41) is 14.0. The van der Waals surface area contributed by atoms with E-state index in [1.807, 2.05) is 4.90 Å². The van der Waals surface area contributed by atoms with Gasteiger partial charge in [-0.25, -0.2) is 0 Å². The van der Waals surface area contributed by atoms with Crippen LogP contribution in [0.5, 0.6) is 0 Å². The Hall–Kier alpha value is -1.48. The summed E-state index contributed by atoms with van der Waals surface area (Å²) in [6, 6.07) is 3.53. The number of carbonyl (C=O) groups is 1. The highest BCUT2D eigenvalue weighted by Crippen LogP contribution is 2.17. The van der Waals surface area contributed by atoms with Gasteiger partial charge in [0.05, 0.1) is 12.0 Å². The minimum atomic E-state index is -0.634. The normalized spacial score (nSPS) is 16.9. The Bertz CT molecular complexity index is 626. The average molecular weight is 359 g/mol. The molecule has 1 unspecified atom stereocenters. The average Bonchev–Trinajstić information content (AvgIpc) is 3.18. The topological polar surface area (TPSA) is 82.7 Å². The maximum atomic E-state index is 12.4. The first-order chi connectivity index (χ1) is 10.6. The van der Waals surface area contributed by atoms with Crippen LogP contribution in [0.1, 0.15) is 27.2 Å². The smallest absolute Gasteiger partial charge is 0.267 e. The lowest BCUT2D eigenvalue weighted by Gasteiger charge is -2.35. The maximum Gasteiger partial charge on any atom is 0.267 e. The van der Waals surface area contributed by atoms with Crippen molar-refractivity contribution in [1.29, 1.82) is 0 Å². The van der Waals surface area contributed by atoms with Crippen LogP contribution in [-0.2, 0) is 0 Å². The molecule has 0 saturated carbocycles. The predicted molar refractivity (Wildman–Crippen MR) is 87.9 cm³/mol. The molecule has 3 rings (SSSR count). The molecule has 1 atom stereocenters. The lowest BCUT2D eigenvalue weighted by molar-refractivity contribution is 0.0488. The van der Waals surface area contributed by atoms with Crippen LogP contribution in [0.15, 0.2) is 22.8 Å². The van der Waals surface area contributed by atoms with Crippen molar-refractivity contribution in [1.82, 2.24) is 19.4 Å². The molecule has 1 fully saturated rings. The Morgan fingerprint density at radius 1 is 1.43 bits per heavy atom. The van der Waals surface area contributed by atoms with E-state index in [4.69, 9.17) is 4.42 Å². The van der Waals surface area contributed by atoms with Crippen molar-refractivity contribution in [3.8, 4) is 0 Å². The maximum absolute atomic E-state index is 12.4. The third kappa shape index (κ3) is 4.08. The molecule has 9 heteroatoms. The van der Waals surface area contributed by atoms with Gasteiger partial charge in [0.15, 0.2) is 0 Å². The van der Waals surface area contributed by atoms with Crippen LogP contribution in [0.2, 0.25) is 0 Å². The van der Waals surface area contributed by atoms with E-state index in [1.54, 1.807) is 25.3 Å². The quantitative estimate of drug-likeness (QED) is 0.888. The molecular formula is C14H19ClN4O3S. The highest BCUT2D eigenvalue weighted by atomic mass is 35.5. The highest BCUT2D eigenvalue weighted by molar-refractivity contribution is 7.07. The second kappa shape index (κ2) is 7.87. The molecule has 0 radical (unpaired) electrons. The molecule has 2 aromatic heterocycles. The van der Waals surface area contributed by atoms with E-state index in [1.165, 1.54) is 0 Å². The molecule has 1 aliphatic heterocycles. The van der Waals surface area contributed by atoms with Gasteiger partial charge in [-0.2, -0.15) is 0 Å². The Morgan fingerprint density at radius 3 is 2.74 bits per heavy atom. The molecule has 1 aliphatic rings. The van der Waals surface area contributed by atoms with Gasteiger partial charge in [-0.1, -0.05) is 4.49 Å². The lowest BCUT2D eigenvalue weighted by atomic mass is 10.2. The van der Waals surface area contributed by atoms with Gasteiger partial charge in [0.1, 0.15) is 16.7 Å². The van der Waals surface area contributed by atoms with Crippen LogP contribution in [0.25, 0.3) is 0 Å². The zero-order chi connectivity index (χ0) is 15.5. The molecule has 0 aromatic carbocycles. The summed E-state index contributed by atoms with van der Waals surface area (Å²) in [6.07, 6.45) is 0.922. The molecule has 2 aromatic rings. The van der Waals surface area contributed by atoms with Crippen molar-refractivity contribution >= 4 is 29.8 Å². The fourth-order valence-corrected chi connectivity index (χ4v) is 3.15. The molecule has 1 saturated heterocycles. The molecule has 3 heterocycles. The second-order valence-electron chi connectivity index (χ2n) is 5.31. The van der Waals surface area contributed by atoms with Crippen molar-refractivity contribution < 1.29 is 14.3 Å². The van der Waals surface area contributed by atoms with Crippen molar-refractivity contribution in [3.63, 3.8) is 0 Å². The number of β-amino-alcohol motifs (C(OH)–C–C–N with tert-alkyl or cyclic N) is 1. The first kappa shape index (κ1) is 17.9. The van der Waals surface area contributed by atoms with Gasteiger partial charge >= 0.3 is 0 Å². The van der Waals surface area contributed by atoms with Crippen molar-refractivity contribution in [2.45, 2.75) is 13.0 Å².